The minimum atomic E-state index is -0.637. The quantitative estimate of drug-likeness (QED) is 0.723. The molecule has 3 nitrogen and oxygen atoms in total. The van der Waals surface area contributed by atoms with Crippen molar-refractivity contribution in [3.8, 4) is 12.3 Å². The van der Waals surface area contributed by atoms with Gasteiger partial charge in [-0.25, -0.2) is 0 Å². The minimum absolute atomic E-state index is 0.218. The molecule has 3 heteroatoms. The van der Waals surface area contributed by atoms with Crippen molar-refractivity contribution in [3.63, 3.8) is 0 Å². The molecule has 74 valence electrons. The summed E-state index contributed by atoms with van der Waals surface area (Å²) in [4.78, 5) is 11.6. The number of carbonyl (C=O) groups excluding carboxylic acids is 1. The standard InChI is InChI=1S/C11H13NO2/c1-5-11(3,4)12-10(13)9-6-8(2)14-7-9/h1,6-7H,2-4H3,(H,12,13). The second-order valence-electron chi connectivity index (χ2n) is 3.67. The van der Waals surface area contributed by atoms with E-state index < -0.39 is 5.54 Å². The van der Waals surface area contributed by atoms with E-state index in [-0.39, 0.29) is 5.91 Å². The van der Waals surface area contributed by atoms with Gasteiger partial charge in [0.05, 0.1) is 11.1 Å². The molecule has 1 heterocycles. The topological polar surface area (TPSA) is 42.2 Å². The summed E-state index contributed by atoms with van der Waals surface area (Å²) in [7, 11) is 0. The minimum Gasteiger partial charge on any atom is -0.469 e. The van der Waals surface area contributed by atoms with E-state index in [1.165, 1.54) is 6.26 Å². The van der Waals surface area contributed by atoms with Crippen LogP contribution in [-0.4, -0.2) is 11.4 Å². The lowest BCUT2D eigenvalue weighted by Gasteiger charge is -2.18. The first-order valence-electron chi connectivity index (χ1n) is 4.30. The van der Waals surface area contributed by atoms with Gasteiger partial charge in [-0.3, -0.25) is 4.79 Å². The molecule has 0 unspecified atom stereocenters. The maximum absolute atomic E-state index is 11.6. The molecule has 0 saturated carbocycles. The molecule has 0 aliphatic heterocycles. The Balaban J connectivity index is 2.74. The molecule has 1 rings (SSSR count). The smallest absolute Gasteiger partial charge is 0.255 e. The molecule has 0 spiro atoms. The van der Waals surface area contributed by atoms with Crippen LogP contribution in [0, 0.1) is 19.3 Å². The number of amides is 1. The van der Waals surface area contributed by atoms with Gasteiger partial charge >= 0.3 is 0 Å². The highest BCUT2D eigenvalue weighted by Crippen LogP contribution is 2.08. The Morgan fingerprint density at radius 3 is 2.71 bits per heavy atom. The van der Waals surface area contributed by atoms with Crippen molar-refractivity contribution < 1.29 is 9.21 Å². The van der Waals surface area contributed by atoms with Gasteiger partial charge in [0.2, 0.25) is 0 Å². The van der Waals surface area contributed by atoms with Crippen molar-refractivity contribution >= 4 is 5.91 Å². The second kappa shape index (κ2) is 3.59. The Kier molecular flexibility index (Phi) is 2.66. The highest BCUT2D eigenvalue weighted by atomic mass is 16.3. The molecule has 0 radical (unpaired) electrons. The van der Waals surface area contributed by atoms with Gasteiger partial charge in [0.25, 0.3) is 5.91 Å². The number of rotatable bonds is 2. The van der Waals surface area contributed by atoms with Gasteiger partial charge in [-0.15, -0.1) is 6.42 Å². The summed E-state index contributed by atoms with van der Waals surface area (Å²) < 4.78 is 5.02. The third-order valence-electron chi connectivity index (χ3n) is 1.78. The first kappa shape index (κ1) is 10.4. The van der Waals surface area contributed by atoms with Crippen LogP contribution in [0.15, 0.2) is 16.7 Å². The Bertz CT molecular complexity index is 382. The van der Waals surface area contributed by atoms with Crippen LogP contribution >= 0.6 is 0 Å². The van der Waals surface area contributed by atoms with Crippen LogP contribution in [0.4, 0.5) is 0 Å². The van der Waals surface area contributed by atoms with Crippen LogP contribution in [0.3, 0.4) is 0 Å². The van der Waals surface area contributed by atoms with Gasteiger partial charge in [0, 0.05) is 0 Å². The summed E-state index contributed by atoms with van der Waals surface area (Å²) in [5.74, 6) is 2.97. The lowest BCUT2D eigenvalue weighted by molar-refractivity contribution is 0.0929. The van der Waals surface area contributed by atoms with E-state index in [0.29, 0.717) is 11.3 Å². The van der Waals surface area contributed by atoms with E-state index in [1.54, 1.807) is 26.8 Å². The molecule has 1 aromatic heterocycles. The number of hydrogen-bond donors (Lipinski definition) is 1. The number of furan rings is 1. The average molecular weight is 191 g/mol. The van der Waals surface area contributed by atoms with Crippen molar-refractivity contribution in [2.75, 3.05) is 0 Å². The molecule has 0 bridgehead atoms. The van der Waals surface area contributed by atoms with Gasteiger partial charge in [-0.05, 0) is 26.8 Å². The summed E-state index contributed by atoms with van der Waals surface area (Å²) in [6, 6.07) is 1.67. The van der Waals surface area contributed by atoms with E-state index in [1.807, 2.05) is 0 Å². The van der Waals surface area contributed by atoms with Gasteiger partial charge in [0.15, 0.2) is 0 Å². The molecule has 0 fully saturated rings. The van der Waals surface area contributed by atoms with E-state index in [4.69, 9.17) is 10.8 Å². The largest absolute Gasteiger partial charge is 0.469 e. The van der Waals surface area contributed by atoms with Crippen LogP contribution < -0.4 is 5.32 Å². The maximum atomic E-state index is 11.6. The molecule has 1 N–H and O–H groups in total. The number of hydrogen-bond acceptors (Lipinski definition) is 2. The lowest BCUT2D eigenvalue weighted by atomic mass is 10.1. The Morgan fingerprint density at radius 1 is 1.64 bits per heavy atom. The normalized spacial score (nSPS) is 10.7. The van der Waals surface area contributed by atoms with E-state index in [2.05, 4.69) is 11.2 Å². The fourth-order valence-electron chi connectivity index (χ4n) is 0.955. The van der Waals surface area contributed by atoms with Crippen molar-refractivity contribution in [3.05, 3.63) is 23.7 Å². The monoisotopic (exact) mass is 191 g/mol. The van der Waals surface area contributed by atoms with Crippen molar-refractivity contribution in [2.24, 2.45) is 0 Å². The van der Waals surface area contributed by atoms with Gasteiger partial charge in [-0.1, -0.05) is 5.92 Å². The SMILES string of the molecule is C#CC(C)(C)NC(=O)c1coc(C)c1. The Labute approximate surface area is 83.5 Å². The highest BCUT2D eigenvalue weighted by molar-refractivity contribution is 5.94. The zero-order valence-electron chi connectivity index (χ0n) is 8.55. The molecule has 1 amide bonds. The van der Waals surface area contributed by atoms with E-state index >= 15 is 0 Å². The number of nitrogens with one attached hydrogen (secondary N) is 1. The fraction of sp³-hybridized carbons (Fsp3) is 0.364. The predicted molar refractivity (Wildman–Crippen MR) is 53.8 cm³/mol. The van der Waals surface area contributed by atoms with Gasteiger partial charge in [-0.2, -0.15) is 0 Å². The zero-order valence-corrected chi connectivity index (χ0v) is 8.55. The third-order valence-corrected chi connectivity index (χ3v) is 1.78. The molecule has 0 aliphatic carbocycles. The third kappa shape index (κ3) is 2.40. The first-order chi connectivity index (χ1) is 6.44. The summed E-state index contributed by atoms with van der Waals surface area (Å²) in [6.07, 6.45) is 6.66. The zero-order chi connectivity index (χ0) is 10.8. The predicted octanol–water partition coefficient (Wildman–Crippen LogP) is 1.73. The van der Waals surface area contributed by atoms with E-state index in [9.17, 15) is 4.79 Å². The molecule has 0 saturated heterocycles. The maximum Gasteiger partial charge on any atom is 0.255 e. The van der Waals surface area contributed by atoms with E-state index in [0.717, 1.165) is 0 Å². The lowest BCUT2D eigenvalue weighted by Crippen LogP contribution is -2.41. The second-order valence-corrected chi connectivity index (χ2v) is 3.67. The summed E-state index contributed by atoms with van der Waals surface area (Å²) in [5.41, 5.74) is -0.145. The number of aryl methyl sites for hydroxylation is 1. The van der Waals surface area contributed by atoms with Crippen LogP contribution in [0.1, 0.15) is 30.0 Å². The molecule has 1 aromatic rings. The summed E-state index contributed by atoms with van der Waals surface area (Å²) in [6.45, 7) is 5.30. The Morgan fingerprint density at radius 2 is 2.29 bits per heavy atom. The fourth-order valence-corrected chi connectivity index (χ4v) is 0.955. The average Bonchev–Trinajstić information content (AvgIpc) is 2.51. The van der Waals surface area contributed by atoms with Gasteiger partial charge < -0.3 is 9.73 Å². The molecule has 0 aromatic carbocycles. The van der Waals surface area contributed by atoms with Gasteiger partial charge in [0.1, 0.15) is 12.0 Å². The summed E-state index contributed by atoms with van der Waals surface area (Å²) >= 11 is 0. The van der Waals surface area contributed by atoms with Crippen LogP contribution in [0.2, 0.25) is 0 Å². The van der Waals surface area contributed by atoms with Crippen LogP contribution in [0.25, 0.3) is 0 Å². The molecule has 0 atom stereocenters. The summed E-state index contributed by atoms with van der Waals surface area (Å²) in [5, 5.41) is 2.70. The molecular formula is C11H13NO2. The van der Waals surface area contributed by atoms with Crippen molar-refractivity contribution in [1.29, 1.82) is 0 Å². The van der Waals surface area contributed by atoms with Crippen LogP contribution in [0.5, 0.6) is 0 Å². The van der Waals surface area contributed by atoms with Crippen molar-refractivity contribution in [1.82, 2.24) is 5.32 Å². The molecule has 0 aliphatic rings. The highest BCUT2D eigenvalue weighted by Gasteiger charge is 2.18. The molecular weight excluding hydrogens is 178 g/mol. The van der Waals surface area contributed by atoms with Crippen molar-refractivity contribution in [2.45, 2.75) is 26.3 Å². The van der Waals surface area contributed by atoms with Crippen LogP contribution in [-0.2, 0) is 0 Å². The Hall–Kier alpha value is -1.69. The number of carbonyl (C=O) groups is 1. The molecule has 14 heavy (non-hydrogen) atoms. The number of terminal acetylenes is 1. The first-order valence-corrected chi connectivity index (χ1v) is 4.30.